The van der Waals surface area contributed by atoms with Crippen LogP contribution in [0.5, 0.6) is 11.5 Å². The zero-order valence-electron chi connectivity index (χ0n) is 18.7. The summed E-state index contributed by atoms with van der Waals surface area (Å²) < 4.78 is 11.0. The molecule has 1 aromatic heterocycles. The molecule has 0 bridgehead atoms. The Hall–Kier alpha value is -2.35. The molecule has 2 rings (SSSR count). The molecule has 0 unspecified atom stereocenters. The van der Waals surface area contributed by atoms with E-state index in [2.05, 4.69) is 10.3 Å². The van der Waals surface area contributed by atoms with Crippen LogP contribution in [0.4, 0.5) is 0 Å². The second-order valence-electron chi connectivity index (χ2n) is 8.15. The molecule has 9 heteroatoms. The van der Waals surface area contributed by atoms with Gasteiger partial charge in [-0.05, 0) is 37.5 Å². The molecule has 0 fully saturated rings. The fourth-order valence-corrected chi connectivity index (χ4v) is 4.05. The Labute approximate surface area is 198 Å². The van der Waals surface area contributed by atoms with E-state index in [1.807, 2.05) is 26.8 Å². The average Bonchev–Trinajstić information content (AvgIpc) is 2.74. The number of hydrogen-bond acceptors (Lipinski definition) is 6. The van der Waals surface area contributed by atoms with Crippen LogP contribution in [-0.2, 0) is 9.53 Å². The van der Waals surface area contributed by atoms with Gasteiger partial charge in [0, 0.05) is 28.2 Å². The first-order chi connectivity index (χ1) is 15.0. The van der Waals surface area contributed by atoms with Gasteiger partial charge in [-0.3, -0.25) is 4.79 Å². The first kappa shape index (κ1) is 25.9. The largest absolute Gasteiger partial charge is 0.503 e. The molecule has 0 aliphatic heterocycles. The third-order valence-electron chi connectivity index (χ3n) is 5.17. The molecule has 0 aliphatic carbocycles. The number of aromatic nitrogens is 1. The summed E-state index contributed by atoms with van der Waals surface area (Å²) in [5.41, 5.74) is -0.715. The van der Waals surface area contributed by atoms with Crippen molar-refractivity contribution in [3.63, 3.8) is 0 Å². The number of hydrogen-bond donors (Lipinski definition) is 2. The molecule has 32 heavy (non-hydrogen) atoms. The number of nitrogens with one attached hydrogen (secondary N) is 1. The molecule has 2 aromatic rings. The number of methoxy groups -OCH3 is 1. The lowest BCUT2D eigenvalue weighted by molar-refractivity contribution is -0.116. The van der Waals surface area contributed by atoms with Crippen molar-refractivity contribution < 1.29 is 24.2 Å². The van der Waals surface area contributed by atoms with E-state index in [0.717, 1.165) is 5.56 Å². The molecule has 0 spiro atoms. The van der Waals surface area contributed by atoms with Crippen LogP contribution in [-0.4, -0.2) is 47.6 Å². The van der Waals surface area contributed by atoms with Gasteiger partial charge in [-0.15, -0.1) is 0 Å². The van der Waals surface area contributed by atoms with Crippen molar-refractivity contribution in [2.24, 2.45) is 5.92 Å². The van der Waals surface area contributed by atoms with E-state index in [-0.39, 0.29) is 36.0 Å². The lowest BCUT2D eigenvalue weighted by Gasteiger charge is -2.32. The van der Waals surface area contributed by atoms with Crippen LogP contribution < -0.4 is 10.1 Å². The predicted molar refractivity (Wildman–Crippen MR) is 124 cm³/mol. The summed E-state index contributed by atoms with van der Waals surface area (Å²) in [6.07, 6.45) is 1.59. The minimum Gasteiger partial charge on any atom is -0.503 e. The van der Waals surface area contributed by atoms with Gasteiger partial charge in [0.05, 0.1) is 19.8 Å². The van der Waals surface area contributed by atoms with Crippen LogP contribution in [0.2, 0.25) is 10.0 Å². The summed E-state index contributed by atoms with van der Waals surface area (Å²) in [6.45, 7) is 7.42. The predicted octanol–water partition coefficient (Wildman–Crippen LogP) is 4.63. The third-order valence-corrected chi connectivity index (χ3v) is 5.74. The van der Waals surface area contributed by atoms with Gasteiger partial charge in [0.1, 0.15) is 11.8 Å². The minimum atomic E-state index is -1.35. The van der Waals surface area contributed by atoms with Crippen molar-refractivity contribution in [1.29, 1.82) is 0 Å². The minimum absolute atomic E-state index is 0.0736. The van der Waals surface area contributed by atoms with Crippen molar-refractivity contribution in [2.45, 2.75) is 45.3 Å². The van der Waals surface area contributed by atoms with Gasteiger partial charge < -0.3 is 24.7 Å². The van der Waals surface area contributed by atoms with Gasteiger partial charge in [0.2, 0.25) is 0 Å². The van der Waals surface area contributed by atoms with E-state index in [1.54, 1.807) is 12.1 Å². The maximum Gasteiger partial charge on any atom is 0.274 e. The average molecular weight is 483 g/mol. The van der Waals surface area contributed by atoms with Gasteiger partial charge in [-0.2, -0.15) is 0 Å². The summed E-state index contributed by atoms with van der Waals surface area (Å²) in [5.74, 6) is -0.933. The maximum absolute atomic E-state index is 12.7. The van der Waals surface area contributed by atoms with Gasteiger partial charge in [-0.25, -0.2) is 4.98 Å². The molecule has 0 radical (unpaired) electrons. The van der Waals surface area contributed by atoms with Crippen molar-refractivity contribution in [1.82, 2.24) is 10.3 Å². The summed E-state index contributed by atoms with van der Waals surface area (Å²) >= 11 is 12.4. The van der Waals surface area contributed by atoms with Crippen molar-refractivity contribution >= 4 is 35.4 Å². The highest BCUT2D eigenvalue weighted by Gasteiger charge is 2.32. The molecule has 1 amide bonds. The topological polar surface area (TPSA) is 97.8 Å². The Morgan fingerprint density at radius 2 is 1.97 bits per heavy atom. The monoisotopic (exact) mass is 482 g/mol. The van der Waals surface area contributed by atoms with E-state index in [4.69, 9.17) is 32.7 Å². The Bertz CT molecular complexity index is 969. The number of carbonyl (C=O) groups is 2. The number of rotatable bonds is 10. The first-order valence-corrected chi connectivity index (χ1v) is 10.9. The molecular weight excluding hydrogens is 455 g/mol. The highest BCUT2D eigenvalue weighted by molar-refractivity contribution is 6.35. The van der Waals surface area contributed by atoms with Crippen LogP contribution in [0, 0.1) is 5.92 Å². The SMILES string of the molecule is COc1ccnc(C(=O)N[C@](C)(C=O)CO[C@@H](C)[C@H](c2ccc(Cl)cc2Cl)C(C)C)c1O. The number of pyridine rings is 1. The molecule has 0 saturated heterocycles. The number of halogens is 2. The number of ether oxygens (including phenoxy) is 2. The van der Waals surface area contributed by atoms with Crippen LogP contribution >= 0.6 is 23.2 Å². The quantitative estimate of drug-likeness (QED) is 0.478. The van der Waals surface area contributed by atoms with E-state index in [1.165, 1.54) is 26.3 Å². The van der Waals surface area contributed by atoms with Crippen LogP contribution in [0.25, 0.3) is 0 Å². The molecule has 1 aromatic carbocycles. The van der Waals surface area contributed by atoms with Crippen LogP contribution in [0.3, 0.4) is 0 Å². The molecule has 0 saturated carbocycles. The second-order valence-corrected chi connectivity index (χ2v) is 9.00. The van der Waals surface area contributed by atoms with E-state index >= 15 is 0 Å². The maximum atomic E-state index is 12.7. The number of amides is 1. The van der Waals surface area contributed by atoms with Gasteiger partial charge in [0.25, 0.3) is 5.91 Å². The molecule has 0 aliphatic rings. The molecule has 1 heterocycles. The Balaban J connectivity index is 2.16. The smallest absolute Gasteiger partial charge is 0.274 e. The van der Waals surface area contributed by atoms with Crippen LogP contribution in [0.1, 0.15) is 49.7 Å². The molecule has 174 valence electrons. The standard InChI is InChI=1S/C23H28Cl2N2O5/c1-13(2)19(16-7-6-15(24)10-17(16)25)14(3)32-12-23(4,11-28)27-22(30)20-21(29)18(31-5)8-9-26-20/h6-11,13-14,19,29H,12H2,1-5H3,(H,27,30)/t14-,19+,23+/m0/s1. The Morgan fingerprint density at radius 1 is 1.28 bits per heavy atom. The van der Waals surface area contributed by atoms with E-state index < -0.39 is 17.2 Å². The normalized spacial score (nSPS) is 15.0. The highest BCUT2D eigenvalue weighted by atomic mass is 35.5. The zero-order valence-corrected chi connectivity index (χ0v) is 20.2. The fraction of sp³-hybridized carbons (Fsp3) is 0.435. The number of nitrogens with zero attached hydrogens (tertiary/aromatic N) is 1. The van der Waals surface area contributed by atoms with E-state index in [9.17, 15) is 14.7 Å². The molecule has 2 N–H and O–H groups in total. The van der Waals surface area contributed by atoms with Gasteiger partial charge in [0.15, 0.2) is 17.2 Å². The summed E-state index contributed by atoms with van der Waals surface area (Å²) in [7, 11) is 1.36. The third kappa shape index (κ3) is 6.12. The highest BCUT2D eigenvalue weighted by Crippen LogP contribution is 2.36. The number of benzene rings is 1. The number of aldehydes is 1. The van der Waals surface area contributed by atoms with Crippen molar-refractivity contribution in [2.75, 3.05) is 13.7 Å². The van der Waals surface area contributed by atoms with E-state index in [0.29, 0.717) is 16.3 Å². The summed E-state index contributed by atoms with van der Waals surface area (Å²) in [6, 6.07) is 6.75. The molecule has 7 nitrogen and oxygen atoms in total. The molecule has 3 atom stereocenters. The van der Waals surface area contributed by atoms with Gasteiger partial charge >= 0.3 is 0 Å². The Morgan fingerprint density at radius 3 is 2.53 bits per heavy atom. The molecular formula is C23H28Cl2N2O5. The van der Waals surface area contributed by atoms with Gasteiger partial charge in [-0.1, -0.05) is 43.1 Å². The number of aromatic hydroxyl groups is 1. The second kappa shape index (κ2) is 11.0. The Kier molecular flexibility index (Phi) is 8.89. The summed E-state index contributed by atoms with van der Waals surface area (Å²) in [4.78, 5) is 28.4. The van der Waals surface area contributed by atoms with Crippen molar-refractivity contribution in [3.05, 3.63) is 51.8 Å². The number of carbonyl (C=O) groups excluding carboxylic acids is 2. The lowest BCUT2D eigenvalue weighted by atomic mass is 9.84. The first-order valence-electron chi connectivity index (χ1n) is 10.1. The lowest BCUT2D eigenvalue weighted by Crippen LogP contribution is -2.52. The van der Waals surface area contributed by atoms with Crippen LogP contribution in [0.15, 0.2) is 30.5 Å². The van der Waals surface area contributed by atoms with Crippen molar-refractivity contribution in [3.8, 4) is 11.5 Å². The fourth-order valence-electron chi connectivity index (χ4n) is 3.52. The summed E-state index contributed by atoms with van der Waals surface area (Å²) in [5, 5.41) is 13.8. The zero-order chi connectivity index (χ0) is 24.1.